The van der Waals surface area contributed by atoms with Crippen LogP contribution >= 0.6 is 7.36 Å². The maximum absolute atomic E-state index is 11.8. The van der Waals surface area contributed by atoms with Gasteiger partial charge in [0, 0.05) is 0 Å². The van der Waals surface area contributed by atoms with Crippen molar-refractivity contribution >= 4 is 25.4 Å². The molecular weight excluding hydrogens is 343 g/mol. The number of hydrazine groups is 1. The van der Waals surface area contributed by atoms with E-state index in [1.54, 1.807) is 5.20 Å². The molecule has 124 valence electrons. The van der Waals surface area contributed by atoms with Crippen molar-refractivity contribution in [2.75, 3.05) is 0 Å². The SMILES string of the molecule is [C-]#[N+]P(C#N)(NN(N=C=O)OC#N)(OC(=O)C=C)OC(=O)C(=C)C. The molecule has 0 aromatic rings. The molecule has 24 heavy (non-hydrogen) atoms. The summed E-state index contributed by atoms with van der Waals surface area (Å²) < 4.78 is 12.2. The third-order valence-electron chi connectivity index (χ3n) is 1.91. The van der Waals surface area contributed by atoms with Crippen molar-refractivity contribution in [3.8, 4) is 12.1 Å². The normalized spacial score (nSPS) is 10.7. The quantitative estimate of drug-likeness (QED) is 0.127. The summed E-state index contributed by atoms with van der Waals surface area (Å²) in [6, 6.07) is 0. The maximum atomic E-state index is 11.8. The Morgan fingerprint density at radius 2 is 2.08 bits per heavy atom. The number of nitriles is 2. The molecule has 0 radical (unpaired) electrons. The fourth-order valence-corrected chi connectivity index (χ4v) is 2.61. The average Bonchev–Trinajstić information content (AvgIpc) is 2.55. The Morgan fingerprint density at radius 1 is 1.46 bits per heavy atom. The fraction of sp³-hybridized carbons (Fsp3) is 0.0909. The molecule has 0 heterocycles. The Bertz CT molecular complexity index is 738. The van der Waals surface area contributed by atoms with Crippen molar-refractivity contribution in [3.05, 3.63) is 36.0 Å². The van der Waals surface area contributed by atoms with Crippen molar-refractivity contribution in [2.24, 2.45) is 5.10 Å². The predicted molar refractivity (Wildman–Crippen MR) is 76.1 cm³/mol. The van der Waals surface area contributed by atoms with Crippen LogP contribution in [0, 0.1) is 29.2 Å². The molecule has 0 saturated carbocycles. The second kappa shape index (κ2) is 8.04. The summed E-state index contributed by atoms with van der Waals surface area (Å²) in [6.45, 7) is 14.7. The van der Waals surface area contributed by atoms with Crippen molar-refractivity contribution in [1.82, 2.24) is 10.5 Å². The van der Waals surface area contributed by atoms with E-state index >= 15 is 0 Å². The van der Waals surface area contributed by atoms with Gasteiger partial charge in [-0.3, -0.25) is 0 Å². The van der Waals surface area contributed by atoms with Gasteiger partial charge in [0.15, 0.2) is 0 Å². The Balaban J connectivity index is 6.30. The van der Waals surface area contributed by atoms with E-state index < -0.39 is 19.3 Å². The van der Waals surface area contributed by atoms with Gasteiger partial charge in [0.1, 0.15) is 0 Å². The van der Waals surface area contributed by atoms with Gasteiger partial charge in [0.25, 0.3) is 0 Å². The van der Waals surface area contributed by atoms with Crippen LogP contribution in [0.5, 0.6) is 0 Å². The summed E-state index contributed by atoms with van der Waals surface area (Å²) in [7, 11) is -5.74. The van der Waals surface area contributed by atoms with Crippen LogP contribution in [0.25, 0.3) is 4.62 Å². The third kappa shape index (κ3) is 4.63. The summed E-state index contributed by atoms with van der Waals surface area (Å²) in [4.78, 5) is 37.7. The molecule has 0 saturated heterocycles. The molecule has 1 N–H and O–H groups in total. The van der Waals surface area contributed by atoms with E-state index in [0.717, 1.165) is 12.3 Å². The third-order valence-corrected chi connectivity index (χ3v) is 4.17. The monoisotopic (exact) mass is 352 g/mol. The number of carbonyl (C=O) groups is 2. The van der Waals surface area contributed by atoms with Gasteiger partial charge in [-0.25, -0.2) is 0 Å². The number of hydrazone groups is 1. The minimum absolute atomic E-state index is 0.117. The predicted octanol–water partition coefficient (Wildman–Crippen LogP) is 0.919. The zero-order valence-corrected chi connectivity index (χ0v) is 13.0. The molecule has 0 rings (SSSR count). The second-order valence-electron chi connectivity index (χ2n) is 3.64. The number of hydrogen-bond donors (Lipinski definition) is 1. The Hall–Kier alpha value is -3.74. The van der Waals surface area contributed by atoms with Gasteiger partial charge in [-0.15, -0.1) is 0 Å². The van der Waals surface area contributed by atoms with Crippen molar-refractivity contribution in [2.45, 2.75) is 6.92 Å². The first-order chi connectivity index (χ1) is 11.2. The minimum atomic E-state index is -5.74. The van der Waals surface area contributed by atoms with Gasteiger partial charge in [-0.1, -0.05) is 0 Å². The first-order valence-corrected chi connectivity index (χ1v) is 7.56. The summed E-state index contributed by atoms with van der Waals surface area (Å²) in [5, 5.41) is 22.3. The molecule has 12 nitrogen and oxygen atoms in total. The van der Waals surface area contributed by atoms with Gasteiger partial charge in [0.05, 0.1) is 0 Å². The number of rotatable bonds is 8. The van der Waals surface area contributed by atoms with E-state index in [4.69, 9.17) is 16.4 Å². The molecule has 0 bridgehead atoms. The van der Waals surface area contributed by atoms with Crippen LogP contribution in [0.3, 0.4) is 0 Å². The molecule has 0 amide bonds. The van der Waals surface area contributed by atoms with Crippen molar-refractivity contribution < 1.29 is 28.3 Å². The first kappa shape index (κ1) is 20.3. The molecule has 0 spiro atoms. The number of nitrogens with one attached hydrogen (secondary N) is 1. The fourth-order valence-electron chi connectivity index (χ4n) is 0.934. The number of carbonyl (C=O) groups excluding carboxylic acids is 3. The summed E-state index contributed by atoms with van der Waals surface area (Å²) in [5.74, 6) is -1.35. The number of hydrogen-bond acceptors (Lipinski definition) is 11. The summed E-state index contributed by atoms with van der Waals surface area (Å²) >= 11 is 0. The van der Waals surface area contributed by atoms with Crippen molar-refractivity contribution in [1.29, 1.82) is 10.5 Å². The van der Waals surface area contributed by atoms with E-state index in [-0.39, 0.29) is 10.9 Å². The van der Waals surface area contributed by atoms with Gasteiger partial charge >= 0.3 is 135 Å². The molecule has 0 atom stereocenters. The summed E-state index contributed by atoms with van der Waals surface area (Å²) in [5.41, 5.74) is -0.244. The number of nitrogens with zero attached hydrogens (tertiary/aromatic N) is 5. The average molecular weight is 352 g/mol. The zero-order chi connectivity index (χ0) is 18.8. The van der Waals surface area contributed by atoms with E-state index in [1.165, 1.54) is 12.7 Å². The van der Waals surface area contributed by atoms with Gasteiger partial charge in [-0.05, 0) is 0 Å². The topological polar surface area (TPSA) is 158 Å². The van der Waals surface area contributed by atoms with Crippen LogP contribution in [0.4, 0.5) is 0 Å². The molecule has 0 aliphatic rings. The first-order valence-electron chi connectivity index (χ1n) is 5.54. The number of isocyanates is 1. The molecule has 0 aromatic heterocycles. The van der Waals surface area contributed by atoms with E-state index in [1.807, 2.05) is 0 Å². The standard InChI is InChI=1S/C11H9N6O6P/c1-5-10(19)22-24(7-13,14-4,23-11(20)9(2)3)16-17(15-8-18)21-6-12/h5,16H,1-2H2,3H3. The van der Waals surface area contributed by atoms with E-state index in [0.29, 0.717) is 6.08 Å². The van der Waals surface area contributed by atoms with E-state index in [2.05, 4.69) is 32.2 Å². The molecule has 13 heteroatoms. The van der Waals surface area contributed by atoms with Gasteiger partial charge in [-0.2, -0.15) is 0 Å². The molecular formula is C11H9N6O6P. The van der Waals surface area contributed by atoms with Crippen molar-refractivity contribution in [3.63, 3.8) is 0 Å². The second-order valence-corrected chi connectivity index (χ2v) is 6.43. The Kier molecular flexibility index (Phi) is 6.79. The molecule has 0 aliphatic carbocycles. The van der Waals surface area contributed by atoms with Crippen LogP contribution < -0.4 is 5.20 Å². The van der Waals surface area contributed by atoms with Crippen LogP contribution in [-0.4, -0.2) is 23.3 Å². The Morgan fingerprint density at radius 3 is 2.46 bits per heavy atom. The zero-order valence-electron chi connectivity index (χ0n) is 12.1. The van der Waals surface area contributed by atoms with Crippen LogP contribution in [0.1, 0.15) is 6.92 Å². The van der Waals surface area contributed by atoms with E-state index in [9.17, 15) is 19.6 Å². The van der Waals surface area contributed by atoms with Gasteiger partial charge < -0.3 is 0 Å². The Labute approximate surface area is 135 Å². The van der Waals surface area contributed by atoms with Crippen LogP contribution in [0.15, 0.2) is 29.9 Å². The van der Waals surface area contributed by atoms with Crippen LogP contribution in [0.2, 0.25) is 0 Å². The summed E-state index contributed by atoms with van der Waals surface area (Å²) in [6.07, 6.45) is 2.58. The molecule has 0 aromatic carbocycles. The van der Waals surface area contributed by atoms with Crippen LogP contribution in [-0.2, 0) is 28.3 Å². The molecule has 0 unspecified atom stereocenters. The molecule has 0 aliphatic heterocycles. The molecule has 0 fully saturated rings. The van der Waals surface area contributed by atoms with Gasteiger partial charge in [0.2, 0.25) is 0 Å².